The quantitative estimate of drug-likeness (QED) is 0.886. The molecule has 18 heavy (non-hydrogen) atoms. The molecule has 0 amide bonds. The Balaban J connectivity index is 1.84. The molecule has 0 unspecified atom stereocenters. The molecule has 2 heterocycles. The van der Waals surface area contributed by atoms with Crippen LogP contribution in [-0.2, 0) is 0 Å². The Kier molecular flexibility index (Phi) is 3.09. The molecule has 1 aromatic heterocycles. The number of hydrogen-bond acceptors (Lipinski definition) is 4. The Morgan fingerprint density at radius 2 is 2.28 bits per heavy atom. The summed E-state index contributed by atoms with van der Waals surface area (Å²) in [6.07, 6.45) is 0.796. The fourth-order valence-corrected chi connectivity index (χ4v) is 3.13. The van der Waals surface area contributed by atoms with Gasteiger partial charge < -0.3 is 10.5 Å². The Morgan fingerprint density at radius 1 is 1.39 bits per heavy atom. The highest BCUT2D eigenvalue weighted by Crippen LogP contribution is 2.33. The highest BCUT2D eigenvalue weighted by atomic mass is 79.9. The molecule has 0 fully saturated rings. The lowest BCUT2D eigenvalue weighted by Gasteiger charge is -2.12. The molecule has 3 nitrogen and oxygen atoms in total. The summed E-state index contributed by atoms with van der Waals surface area (Å²) < 4.78 is 0.960. The molecule has 0 radical (unpaired) electrons. The number of nitrogens with zero attached hydrogens (tertiary/aromatic N) is 1. The zero-order chi connectivity index (χ0) is 12.5. The zero-order valence-corrected chi connectivity index (χ0v) is 11.8. The molecule has 2 N–H and O–H groups in total. The van der Waals surface area contributed by atoms with E-state index in [0.717, 1.165) is 22.2 Å². The van der Waals surface area contributed by atoms with Gasteiger partial charge in [0.25, 0.3) is 0 Å². The van der Waals surface area contributed by atoms with Gasteiger partial charge in [0.2, 0.25) is 0 Å². The minimum Gasteiger partial charge on any atom is -0.508 e. The van der Waals surface area contributed by atoms with Crippen LogP contribution in [0.4, 0.5) is 0 Å². The summed E-state index contributed by atoms with van der Waals surface area (Å²) in [5.41, 5.74) is 5.02. The highest BCUT2D eigenvalue weighted by molar-refractivity contribution is 9.10. The van der Waals surface area contributed by atoms with Crippen molar-refractivity contribution >= 4 is 33.0 Å². The molecule has 0 saturated carbocycles. The topological polar surface area (TPSA) is 44.6 Å². The number of hydrogen-bond donors (Lipinski definition) is 2. The molecule has 1 aromatic carbocycles. The summed E-state index contributed by atoms with van der Waals surface area (Å²) in [6.45, 7) is 0. The Morgan fingerprint density at radius 3 is 3.06 bits per heavy atom. The van der Waals surface area contributed by atoms with Crippen molar-refractivity contribution in [3.05, 3.63) is 50.6 Å². The van der Waals surface area contributed by atoms with E-state index in [1.54, 1.807) is 17.4 Å². The fraction of sp³-hybridized carbons (Fsp3) is 0.154. The van der Waals surface area contributed by atoms with Crippen LogP contribution in [-0.4, -0.2) is 10.8 Å². The lowest BCUT2D eigenvalue weighted by molar-refractivity contribution is 0.455. The van der Waals surface area contributed by atoms with Crippen molar-refractivity contribution in [1.82, 2.24) is 5.43 Å². The summed E-state index contributed by atoms with van der Waals surface area (Å²) in [7, 11) is 0. The lowest BCUT2D eigenvalue weighted by atomic mass is 10.0. The van der Waals surface area contributed by atoms with Gasteiger partial charge in [0.05, 0.1) is 16.6 Å². The lowest BCUT2D eigenvalue weighted by Crippen LogP contribution is -2.10. The molecule has 92 valence electrons. The number of benzene rings is 1. The summed E-state index contributed by atoms with van der Waals surface area (Å²) >= 11 is 5.11. The van der Waals surface area contributed by atoms with Crippen molar-refractivity contribution in [2.24, 2.45) is 5.10 Å². The number of aromatic hydroxyl groups is 1. The number of thiophene rings is 1. The van der Waals surface area contributed by atoms with Crippen molar-refractivity contribution in [3.63, 3.8) is 0 Å². The van der Waals surface area contributed by atoms with Crippen LogP contribution in [0, 0.1) is 0 Å². The monoisotopic (exact) mass is 322 g/mol. The third-order valence-electron chi connectivity index (χ3n) is 2.92. The third kappa shape index (κ3) is 2.15. The first kappa shape index (κ1) is 11.7. The second kappa shape index (κ2) is 4.74. The van der Waals surface area contributed by atoms with E-state index < -0.39 is 0 Å². The molecule has 3 rings (SSSR count). The van der Waals surface area contributed by atoms with Gasteiger partial charge in [0.1, 0.15) is 5.75 Å². The first-order chi connectivity index (χ1) is 8.74. The van der Waals surface area contributed by atoms with Crippen LogP contribution in [0.5, 0.6) is 5.75 Å². The van der Waals surface area contributed by atoms with Crippen molar-refractivity contribution in [2.45, 2.75) is 12.5 Å². The van der Waals surface area contributed by atoms with Gasteiger partial charge in [0, 0.05) is 16.5 Å². The van der Waals surface area contributed by atoms with E-state index in [1.165, 1.54) is 4.88 Å². The molecule has 0 saturated heterocycles. The molecule has 2 aromatic rings. The maximum Gasteiger partial charge on any atom is 0.120 e. The Labute approximate surface area is 117 Å². The van der Waals surface area contributed by atoms with E-state index in [-0.39, 0.29) is 6.04 Å². The molecule has 0 aliphatic carbocycles. The molecular weight excluding hydrogens is 312 g/mol. The second-order valence-corrected chi connectivity index (χ2v) is 5.99. The highest BCUT2D eigenvalue weighted by Gasteiger charge is 2.24. The number of nitrogens with one attached hydrogen (secondary N) is 1. The van der Waals surface area contributed by atoms with Crippen LogP contribution in [0.3, 0.4) is 0 Å². The van der Waals surface area contributed by atoms with E-state index in [1.807, 2.05) is 23.6 Å². The summed E-state index contributed by atoms with van der Waals surface area (Å²) in [5.74, 6) is 0.304. The molecule has 5 heteroatoms. The average molecular weight is 323 g/mol. The van der Waals surface area contributed by atoms with Crippen molar-refractivity contribution in [1.29, 1.82) is 0 Å². The second-order valence-electron chi connectivity index (χ2n) is 4.12. The fourth-order valence-electron chi connectivity index (χ4n) is 2.02. The molecule has 0 bridgehead atoms. The van der Waals surface area contributed by atoms with E-state index >= 15 is 0 Å². The minimum absolute atomic E-state index is 0.0413. The van der Waals surface area contributed by atoms with Crippen LogP contribution in [0.2, 0.25) is 0 Å². The molecule has 1 aliphatic heterocycles. The summed E-state index contributed by atoms with van der Waals surface area (Å²) in [4.78, 5) is 1.18. The van der Waals surface area contributed by atoms with Gasteiger partial charge in [-0.2, -0.15) is 5.10 Å². The van der Waals surface area contributed by atoms with Gasteiger partial charge in [-0.15, -0.1) is 11.3 Å². The average Bonchev–Trinajstić information content (AvgIpc) is 3.00. The van der Waals surface area contributed by atoms with Crippen molar-refractivity contribution in [2.75, 3.05) is 0 Å². The number of phenolic OH excluding ortho intramolecular Hbond substituents is 1. The normalized spacial score (nSPS) is 18.5. The largest absolute Gasteiger partial charge is 0.508 e. The number of rotatable bonds is 2. The van der Waals surface area contributed by atoms with Crippen molar-refractivity contribution in [3.8, 4) is 5.75 Å². The minimum atomic E-state index is 0.0413. The van der Waals surface area contributed by atoms with Gasteiger partial charge in [-0.1, -0.05) is 22.0 Å². The molecular formula is C13H11BrN2OS. The SMILES string of the molecule is Oc1ccc(Br)cc1[C@@H]1CC(c2cccs2)=NN1. The number of hydrazone groups is 1. The van der Waals surface area contributed by atoms with Crippen LogP contribution in [0.15, 0.2) is 45.3 Å². The number of phenols is 1. The predicted octanol–water partition coefficient (Wildman–Crippen LogP) is 3.65. The van der Waals surface area contributed by atoms with E-state index in [4.69, 9.17) is 0 Å². The van der Waals surface area contributed by atoms with E-state index in [0.29, 0.717) is 5.75 Å². The predicted molar refractivity (Wildman–Crippen MR) is 77.2 cm³/mol. The molecule has 0 spiro atoms. The third-order valence-corrected chi connectivity index (χ3v) is 4.34. The zero-order valence-electron chi connectivity index (χ0n) is 9.43. The van der Waals surface area contributed by atoms with Crippen LogP contribution >= 0.6 is 27.3 Å². The maximum absolute atomic E-state index is 9.90. The smallest absolute Gasteiger partial charge is 0.120 e. The van der Waals surface area contributed by atoms with Crippen molar-refractivity contribution < 1.29 is 5.11 Å². The first-order valence-electron chi connectivity index (χ1n) is 5.58. The first-order valence-corrected chi connectivity index (χ1v) is 7.25. The Bertz CT molecular complexity index is 595. The van der Waals surface area contributed by atoms with Gasteiger partial charge >= 0.3 is 0 Å². The van der Waals surface area contributed by atoms with Gasteiger partial charge in [-0.25, -0.2) is 0 Å². The van der Waals surface area contributed by atoms with Crippen LogP contribution in [0.1, 0.15) is 22.9 Å². The molecule has 1 aliphatic rings. The summed E-state index contributed by atoms with van der Waals surface area (Å²) in [5, 5.41) is 16.3. The number of halogens is 1. The van der Waals surface area contributed by atoms with Crippen LogP contribution in [0.25, 0.3) is 0 Å². The Hall–Kier alpha value is -1.33. The van der Waals surface area contributed by atoms with E-state index in [2.05, 4.69) is 32.5 Å². The van der Waals surface area contributed by atoms with Gasteiger partial charge in [0.15, 0.2) is 0 Å². The summed E-state index contributed by atoms with van der Waals surface area (Å²) in [6, 6.07) is 9.58. The van der Waals surface area contributed by atoms with E-state index in [9.17, 15) is 5.11 Å². The molecule has 1 atom stereocenters. The standard InChI is InChI=1S/C13H11BrN2OS/c14-8-3-4-12(17)9(6-8)10-7-11(16-15-10)13-2-1-5-18-13/h1-6,10,15,17H,7H2/t10-/m0/s1. The maximum atomic E-state index is 9.90. The van der Waals surface area contributed by atoms with Gasteiger partial charge in [-0.05, 0) is 29.6 Å². The van der Waals surface area contributed by atoms with Gasteiger partial charge in [-0.3, -0.25) is 0 Å². The van der Waals surface area contributed by atoms with Crippen LogP contribution < -0.4 is 5.43 Å².